The number of hydrogen-bond donors (Lipinski definition) is 1. The van der Waals surface area contributed by atoms with Crippen LogP contribution in [0.5, 0.6) is 11.5 Å². The first-order valence-corrected chi connectivity index (χ1v) is 10.3. The van der Waals surface area contributed by atoms with Crippen LogP contribution in [0.3, 0.4) is 0 Å². The molecule has 3 aromatic rings. The number of rotatable bonds is 11. The van der Waals surface area contributed by atoms with Gasteiger partial charge in [-0.2, -0.15) is 0 Å². The maximum Gasteiger partial charge on any atom is 0.333 e. The molecule has 31 heavy (non-hydrogen) atoms. The quantitative estimate of drug-likeness (QED) is 0.435. The van der Waals surface area contributed by atoms with Gasteiger partial charge in [0.15, 0.2) is 6.10 Å². The summed E-state index contributed by atoms with van der Waals surface area (Å²) in [5, 5.41) is 9.13. The average Bonchev–Trinajstić information content (AvgIpc) is 2.79. The highest BCUT2D eigenvalue weighted by Crippen LogP contribution is 2.22. The van der Waals surface area contributed by atoms with E-state index in [4.69, 9.17) is 19.3 Å². The molecule has 0 saturated heterocycles. The van der Waals surface area contributed by atoms with Gasteiger partial charge >= 0.3 is 5.97 Å². The molecule has 0 saturated carbocycles. The fourth-order valence-corrected chi connectivity index (χ4v) is 3.27. The van der Waals surface area contributed by atoms with Crippen molar-refractivity contribution in [3.05, 3.63) is 83.9 Å². The fraction of sp³-hybridized carbons (Fsp3) is 0.269. The smallest absolute Gasteiger partial charge is 0.333 e. The number of carboxylic acid groups (broad SMARTS) is 1. The van der Waals surface area contributed by atoms with E-state index in [2.05, 4.69) is 24.3 Å². The van der Waals surface area contributed by atoms with Gasteiger partial charge in [-0.3, -0.25) is 0 Å². The number of hydrogen-bond acceptors (Lipinski definition) is 4. The summed E-state index contributed by atoms with van der Waals surface area (Å²) in [6.07, 6.45) is 0.241. The predicted molar refractivity (Wildman–Crippen MR) is 121 cm³/mol. The third-order valence-corrected chi connectivity index (χ3v) is 5.07. The molecule has 0 aliphatic rings. The number of methoxy groups -OCH3 is 1. The highest BCUT2D eigenvalue weighted by atomic mass is 16.5. The zero-order chi connectivity index (χ0) is 22.1. The van der Waals surface area contributed by atoms with Crippen molar-refractivity contribution in [3.8, 4) is 22.6 Å². The summed E-state index contributed by atoms with van der Waals surface area (Å²) in [5.74, 6) is 0.640. The molecule has 1 N–H and O–H groups in total. The number of carbonyl (C=O) groups is 1. The first kappa shape index (κ1) is 22.4. The molecule has 5 heteroatoms. The van der Waals surface area contributed by atoms with Crippen LogP contribution in [-0.4, -0.2) is 37.5 Å². The Bertz CT molecular complexity index is 967. The lowest BCUT2D eigenvalue weighted by atomic mass is 10.0. The second-order valence-corrected chi connectivity index (χ2v) is 7.30. The van der Waals surface area contributed by atoms with Crippen LogP contribution in [-0.2, 0) is 16.0 Å². The van der Waals surface area contributed by atoms with Gasteiger partial charge < -0.3 is 19.3 Å². The third-order valence-electron chi connectivity index (χ3n) is 5.07. The molecule has 0 bridgehead atoms. The van der Waals surface area contributed by atoms with Crippen molar-refractivity contribution < 1.29 is 24.1 Å². The Morgan fingerprint density at radius 3 is 2.10 bits per heavy atom. The van der Waals surface area contributed by atoms with Crippen molar-refractivity contribution in [2.24, 2.45) is 0 Å². The Morgan fingerprint density at radius 1 is 0.871 bits per heavy atom. The van der Waals surface area contributed by atoms with Crippen molar-refractivity contribution in [1.29, 1.82) is 0 Å². The summed E-state index contributed by atoms with van der Waals surface area (Å²) < 4.78 is 16.6. The number of ether oxygens (including phenoxy) is 3. The molecule has 0 radical (unpaired) electrons. The zero-order valence-electron chi connectivity index (χ0n) is 17.9. The van der Waals surface area contributed by atoms with Gasteiger partial charge in [0.25, 0.3) is 0 Å². The molecular weight excluding hydrogens is 392 g/mol. The summed E-state index contributed by atoms with van der Waals surface area (Å²) in [4.78, 5) is 11.1. The van der Waals surface area contributed by atoms with Crippen molar-refractivity contribution in [2.45, 2.75) is 25.9 Å². The lowest BCUT2D eigenvalue weighted by molar-refractivity contribution is -0.148. The molecule has 1 unspecified atom stereocenters. The highest BCUT2D eigenvalue weighted by Gasteiger charge is 2.18. The monoisotopic (exact) mass is 420 g/mol. The van der Waals surface area contributed by atoms with Gasteiger partial charge in [0.2, 0.25) is 0 Å². The van der Waals surface area contributed by atoms with Crippen LogP contribution in [0.1, 0.15) is 17.5 Å². The van der Waals surface area contributed by atoms with E-state index in [0.29, 0.717) is 19.6 Å². The molecular formula is C26H28O5. The van der Waals surface area contributed by atoms with Gasteiger partial charge in [-0.25, -0.2) is 4.79 Å². The summed E-state index contributed by atoms with van der Waals surface area (Å²) in [7, 11) is 1.41. The number of benzene rings is 3. The van der Waals surface area contributed by atoms with Crippen molar-refractivity contribution in [1.82, 2.24) is 0 Å². The molecule has 1 atom stereocenters. The van der Waals surface area contributed by atoms with E-state index in [1.807, 2.05) is 55.5 Å². The van der Waals surface area contributed by atoms with Crippen LogP contribution in [0.15, 0.2) is 72.8 Å². The van der Waals surface area contributed by atoms with Crippen molar-refractivity contribution >= 4 is 5.97 Å². The molecule has 5 nitrogen and oxygen atoms in total. The zero-order valence-corrected chi connectivity index (χ0v) is 17.9. The molecule has 0 amide bonds. The molecule has 162 valence electrons. The maximum atomic E-state index is 11.1. The van der Waals surface area contributed by atoms with Crippen LogP contribution in [0.4, 0.5) is 0 Å². The minimum absolute atomic E-state index is 0.328. The van der Waals surface area contributed by atoms with E-state index < -0.39 is 12.1 Å². The largest absolute Gasteiger partial charge is 0.493 e. The fourth-order valence-electron chi connectivity index (χ4n) is 3.27. The lowest BCUT2D eigenvalue weighted by Crippen LogP contribution is -2.25. The molecule has 0 aliphatic carbocycles. The topological polar surface area (TPSA) is 65.0 Å². The van der Waals surface area contributed by atoms with Gasteiger partial charge in [-0.15, -0.1) is 0 Å². The molecule has 0 fully saturated rings. The third kappa shape index (κ3) is 6.59. The molecule has 0 spiro atoms. The molecule has 0 aliphatic heterocycles. The summed E-state index contributed by atoms with van der Waals surface area (Å²) in [6, 6.07) is 24.0. The van der Waals surface area contributed by atoms with Gasteiger partial charge in [0.1, 0.15) is 11.5 Å². The van der Waals surface area contributed by atoms with Gasteiger partial charge in [-0.1, -0.05) is 48.5 Å². The summed E-state index contributed by atoms with van der Waals surface area (Å²) in [5.41, 5.74) is 4.26. The Hall–Kier alpha value is -3.31. The van der Waals surface area contributed by atoms with Crippen molar-refractivity contribution in [3.63, 3.8) is 0 Å². The highest BCUT2D eigenvalue weighted by molar-refractivity contribution is 5.72. The van der Waals surface area contributed by atoms with Crippen LogP contribution in [0, 0.1) is 6.92 Å². The first-order chi connectivity index (χ1) is 15.1. The van der Waals surface area contributed by atoms with E-state index in [-0.39, 0.29) is 0 Å². The van der Waals surface area contributed by atoms with E-state index in [0.717, 1.165) is 34.6 Å². The van der Waals surface area contributed by atoms with Gasteiger partial charge in [-0.05, 0) is 53.4 Å². The Morgan fingerprint density at radius 2 is 1.48 bits per heavy atom. The Balaban J connectivity index is 1.41. The number of aryl methyl sites for hydroxylation is 1. The Kier molecular flexibility index (Phi) is 8.07. The normalized spacial score (nSPS) is 11.7. The van der Waals surface area contributed by atoms with E-state index in [9.17, 15) is 4.79 Å². The summed E-state index contributed by atoms with van der Waals surface area (Å²) >= 11 is 0. The Labute approximate surface area is 183 Å². The van der Waals surface area contributed by atoms with Crippen LogP contribution in [0.25, 0.3) is 11.1 Å². The van der Waals surface area contributed by atoms with E-state index in [1.165, 1.54) is 12.7 Å². The standard InChI is InChI=1S/C26H28O5/c1-19-17-24(14-11-22(19)18-25(29-2)26(27)28)31-16-6-15-30-23-12-9-21(10-13-23)20-7-4-3-5-8-20/h3-5,7-14,17,25H,6,15-16,18H2,1-2H3,(H,27,28). The minimum Gasteiger partial charge on any atom is -0.493 e. The minimum atomic E-state index is -0.961. The molecule has 3 rings (SSSR count). The lowest BCUT2D eigenvalue weighted by Gasteiger charge is -2.14. The molecule has 3 aromatic carbocycles. The van der Waals surface area contributed by atoms with Crippen LogP contribution in [0.2, 0.25) is 0 Å². The predicted octanol–water partition coefficient (Wildman–Crippen LogP) is 5.15. The second kappa shape index (κ2) is 11.2. The number of carboxylic acids is 1. The van der Waals surface area contributed by atoms with E-state index >= 15 is 0 Å². The van der Waals surface area contributed by atoms with Crippen molar-refractivity contribution in [2.75, 3.05) is 20.3 Å². The maximum absolute atomic E-state index is 11.1. The summed E-state index contributed by atoms with van der Waals surface area (Å²) in [6.45, 7) is 3.05. The van der Waals surface area contributed by atoms with E-state index in [1.54, 1.807) is 0 Å². The van der Waals surface area contributed by atoms with Crippen LogP contribution < -0.4 is 9.47 Å². The average molecular weight is 421 g/mol. The molecule has 0 heterocycles. The SMILES string of the molecule is COC(Cc1ccc(OCCCOc2ccc(-c3ccccc3)cc2)cc1C)C(=O)O. The first-order valence-electron chi connectivity index (χ1n) is 10.3. The van der Waals surface area contributed by atoms with Gasteiger partial charge in [0, 0.05) is 20.0 Å². The number of aliphatic carboxylic acids is 1. The van der Waals surface area contributed by atoms with Crippen LogP contribution >= 0.6 is 0 Å². The van der Waals surface area contributed by atoms with Gasteiger partial charge in [0.05, 0.1) is 13.2 Å². The second-order valence-electron chi connectivity index (χ2n) is 7.30. The molecule has 0 aromatic heterocycles.